The fraction of sp³-hybridized carbons (Fsp3) is 0.429. The number of urea groups is 1. The van der Waals surface area contributed by atoms with E-state index < -0.39 is 9.73 Å². The van der Waals surface area contributed by atoms with Crippen molar-refractivity contribution < 1.29 is 9.00 Å². The van der Waals surface area contributed by atoms with Gasteiger partial charge in [0.15, 0.2) is 0 Å². The average Bonchev–Trinajstić information content (AvgIpc) is 3.37. The second-order valence-corrected chi connectivity index (χ2v) is 11.7. The molecule has 2 N–H and O–H groups in total. The summed E-state index contributed by atoms with van der Waals surface area (Å²) in [5.74, 6) is 0.277. The Morgan fingerprint density at radius 2 is 1.94 bits per heavy atom. The number of anilines is 1. The molecule has 0 radical (unpaired) electrons. The van der Waals surface area contributed by atoms with E-state index in [2.05, 4.69) is 50.3 Å². The SMILES string of the molecule is C[C@H](c1ccc2scnc2c1)N1CCC2(CC1)CN(c1ncc([S@@](C)(=N)=O)cn1)C(=O)N2. The molecule has 4 heterocycles. The van der Waals surface area contributed by atoms with E-state index in [0.717, 1.165) is 31.4 Å². The molecule has 2 fully saturated rings. The van der Waals surface area contributed by atoms with E-state index in [1.807, 2.05) is 5.51 Å². The summed E-state index contributed by atoms with van der Waals surface area (Å²) in [6.07, 6.45) is 5.75. The maximum absolute atomic E-state index is 12.7. The summed E-state index contributed by atoms with van der Waals surface area (Å²) in [5.41, 5.74) is 3.87. The minimum Gasteiger partial charge on any atom is -0.330 e. The summed E-state index contributed by atoms with van der Waals surface area (Å²) in [4.78, 5) is 29.8. The molecule has 2 aliphatic rings. The maximum Gasteiger partial charge on any atom is 0.324 e. The molecule has 168 valence electrons. The van der Waals surface area contributed by atoms with Gasteiger partial charge in [-0.1, -0.05) is 6.07 Å². The number of likely N-dealkylation sites (tertiary alicyclic amines) is 1. The number of amides is 2. The summed E-state index contributed by atoms with van der Waals surface area (Å²) in [6, 6.07) is 6.56. The molecule has 2 aliphatic heterocycles. The van der Waals surface area contributed by atoms with E-state index in [-0.39, 0.29) is 28.5 Å². The monoisotopic (exact) mass is 471 g/mol. The van der Waals surface area contributed by atoms with Crippen molar-refractivity contribution in [3.63, 3.8) is 0 Å². The Kier molecular flexibility index (Phi) is 5.14. The molecule has 1 aromatic carbocycles. The highest BCUT2D eigenvalue weighted by molar-refractivity contribution is 7.91. The molecule has 3 aromatic rings. The zero-order valence-corrected chi connectivity index (χ0v) is 19.6. The van der Waals surface area contributed by atoms with Crippen LogP contribution in [0.2, 0.25) is 0 Å². The van der Waals surface area contributed by atoms with Gasteiger partial charge in [0.05, 0.1) is 42.4 Å². The number of nitrogens with zero attached hydrogens (tertiary/aromatic N) is 5. The molecule has 2 atom stereocenters. The number of fused-ring (bicyclic) bond motifs is 1. The molecule has 0 bridgehead atoms. The van der Waals surface area contributed by atoms with E-state index in [0.29, 0.717) is 6.54 Å². The first-order chi connectivity index (χ1) is 15.2. The van der Waals surface area contributed by atoms with Gasteiger partial charge in [0.1, 0.15) is 0 Å². The third-order valence-corrected chi connectivity index (χ3v) is 8.44. The molecule has 1 spiro atoms. The van der Waals surface area contributed by atoms with E-state index >= 15 is 0 Å². The third-order valence-electron chi connectivity index (χ3n) is 6.52. The summed E-state index contributed by atoms with van der Waals surface area (Å²) in [6.45, 7) is 4.47. The molecule has 0 saturated carbocycles. The van der Waals surface area contributed by atoms with Gasteiger partial charge in [0.25, 0.3) is 0 Å². The fourth-order valence-electron chi connectivity index (χ4n) is 4.49. The lowest BCUT2D eigenvalue weighted by Crippen LogP contribution is -2.52. The van der Waals surface area contributed by atoms with Crippen molar-refractivity contribution in [2.75, 3.05) is 30.8 Å². The van der Waals surface area contributed by atoms with Gasteiger partial charge in [-0.15, -0.1) is 11.3 Å². The van der Waals surface area contributed by atoms with Gasteiger partial charge >= 0.3 is 6.03 Å². The molecule has 32 heavy (non-hydrogen) atoms. The van der Waals surface area contributed by atoms with Gasteiger partial charge in [-0.2, -0.15) is 0 Å². The van der Waals surface area contributed by atoms with Crippen LogP contribution in [0.5, 0.6) is 0 Å². The normalized spacial score (nSPS) is 21.6. The molecule has 0 unspecified atom stereocenters. The van der Waals surface area contributed by atoms with Crippen LogP contribution in [0.15, 0.2) is 41.0 Å². The van der Waals surface area contributed by atoms with Gasteiger partial charge in [-0.05, 0) is 37.5 Å². The van der Waals surface area contributed by atoms with Crippen molar-refractivity contribution in [3.05, 3.63) is 41.7 Å². The van der Waals surface area contributed by atoms with E-state index in [1.54, 1.807) is 16.2 Å². The molecule has 0 aliphatic carbocycles. The lowest BCUT2D eigenvalue weighted by molar-refractivity contribution is 0.121. The average molecular weight is 472 g/mol. The molecule has 5 rings (SSSR count). The van der Waals surface area contributed by atoms with E-state index in [9.17, 15) is 9.00 Å². The standard InChI is InChI=1S/C21H25N7O2S2/c1-14(15-3-4-18-17(9-15)25-13-31-18)27-7-5-21(6-8-27)12-28(20(29)26-21)19-23-10-16(11-24-19)32(2,22)30/h3-4,9-11,13-14,22H,5-8,12H2,1-2H3,(H,26,29)/t14-,32+/m1/s1. The first-order valence-electron chi connectivity index (χ1n) is 10.5. The smallest absolute Gasteiger partial charge is 0.324 e. The zero-order valence-electron chi connectivity index (χ0n) is 17.9. The summed E-state index contributed by atoms with van der Waals surface area (Å²) < 4.78 is 20.7. The third kappa shape index (κ3) is 3.84. The van der Waals surface area contributed by atoms with Crippen LogP contribution in [0, 0.1) is 4.78 Å². The Hall–Kier alpha value is -2.63. The first kappa shape index (κ1) is 21.2. The second-order valence-electron chi connectivity index (χ2n) is 8.65. The molecule has 2 aromatic heterocycles. The van der Waals surface area contributed by atoms with Crippen molar-refractivity contribution >= 4 is 43.3 Å². The lowest BCUT2D eigenvalue weighted by Gasteiger charge is -2.41. The Morgan fingerprint density at radius 3 is 2.62 bits per heavy atom. The Bertz CT molecular complexity index is 1260. The number of thiazole rings is 1. The Balaban J connectivity index is 1.26. The number of carbonyl (C=O) groups excluding carboxylic acids is 1. The van der Waals surface area contributed by atoms with Crippen LogP contribution in [-0.4, -0.2) is 61.5 Å². The number of aromatic nitrogens is 3. The van der Waals surface area contributed by atoms with Gasteiger partial charge in [0.2, 0.25) is 5.95 Å². The van der Waals surface area contributed by atoms with Gasteiger partial charge in [-0.25, -0.2) is 28.7 Å². The Labute approximate surface area is 190 Å². The highest BCUT2D eigenvalue weighted by Crippen LogP contribution is 2.34. The van der Waals surface area contributed by atoms with Crippen LogP contribution in [0.25, 0.3) is 10.2 Å². The Morgan fingerprint density at radius 1 is 1.22 bits per heavy atom. The van der Waals surface area contributed by atoms with Crippen LogP contribution in [0.4, 0.5) is 10.7 Å². The summed E-state index contributed by atoms with van der Waals surface area (Å²) in [7, 11) is -2.88. The minimum atomic E-state index is -2.88. The van der Waals surface area contributed by atoms with Crippen LogP contribution in [0.1, 0.15) is 31.4 Å². The predicted octanol–water partition coefficient (Wildman–Crippen LogP) is 3.25. The van der Waals surface area contributed by atoms with Gasteiger partial charge < -0.3 is 5.32 Å². The maximum atomic E-state index is 12.7. The number of hydrogen-bond donors (Lipinski definition) is 2. The van der Waals surface area contributed by atoms with Crippen LogP contribution >= 0.6 is 11.3 Å². The second kappa shape index (κ2) is 7.75. The number of benzene rings is 1. The number of carbonyl (C=O) groups is 1. The number of nitrogens with one attached hydrogen (secondary N) is 2. The van der Waals surface area contributed by atoms with Crippen LogP contribution < -0.4 is 10.2 Å². The summed E-state index contributed by atoms with van der Waals surface area (Å²) in [5, 5.41) is 3.16. The molecule has 2 saturated heterocycles. The zero-order chi connectivity index (χ0) is 22.5. The van der Waals surface area contributed by atoms with Crippen LogP contribution in [0.3, 0.4) is 0 Å². The van der Waals surface area contributed by atoms with Crippen molar-refractivity contribution in [3.8, 4) is 0 Å². The van der Waals surface area contributed by atoms with Gasteiger partial charge in [0, 0.05) is 37.8 Å². The molecular formula is C21H25N7O2S2. The van der Waals surface area contributed by atoms with Crippen LogP contribution in [-0.2, 0) is 9.73 Å². The van der Waals surface area contributed by atoms with E-state index in [1.165, 1.54) is 28.9 Å². The van der Waals surface area contributed by atoms with Crippen molar-refractivity contribution in [2.45, 2.75) is 36.2 Å². The first-order valence-corrected chi connectivity index (χ1v) is 13.3. The highest BCUT2D eigenvalue weighted by atomic mass is 32.2. The quantitative estimate of drug-likeness (QED) is 0.604. The number of hydrogen-bond acceptors (Lipinski definition) is 8. The van der Waals surface area contributed by atoms with Crippen molar-refractivity contribution in [1.82, 2.24) is 25.2 Å². The number of piperidine rings is 1. The van der Waals surface area contributed by atoms with E-state index in [4.69, 9.17) is 4.78 Å². The molecule has 9 nitrogen and oxygen atoms in total. The minimum absolute atomic E-state index is 0.212. The van der Waals surface area contributed by atoms with Gasteiger partial charge in [-0.3, -0.25) is 9.80 Å². The fourth-order valence-corrected chi connectivity index (χ4v) is 5.65. The summed E-state index contributed by atoms with van der Waals surface area (Å²) >= 11 is 1.65. The van der Waals surface area contributed by atoms with Crippen molar-refractivity contribution in [2.24, 2.45) is 0 Å². The largest absolute Gasteiger partial charge is 0.330 e. The predicted molar refractivity (Wildman–Crippen MR) is 125 cm³/mol. The molecular weight excluding hydrogens is 446 g/mol. The number of rotatable bonds is 4. The highest BCUT2D eigenvalue weighted by Gasteiger charge is 2.46. The topological polar surface area (TPSA) is 115 Å². The molecule has 2 amide bonds. The lowest BCUT2D eigenvalue weighted by atomic mass is 9.87. The molecule has 11 heteroatoms. The van der Waals surface area contributed by atoms with Crippen molar-refractivity contribution in [1.29, 1.82) is 4.78 Å².